The van der Waals surface area contributed by atoms with Crippen molar-refractivity contribution in [1.29, 1.82) is 10.5 Å². The first-order valence-electron chi connectivity index (χ1n) is 15.1. The summed E-state index contributed by atoms with van der Waals surface area (Å²) in [6.45, 7) is 10.5. The van der Waals surface area contributed by atoms with Gasteiger partial charge in [0.25, 0.3) is 0 Å². The van der Waals surface area contributed by atoms with Crippen LogP contribution in [0.4, 0.5) is 16.4 Å². The van der Waals surface area contributed by atoms with E-state index < -0.39 is 17.7 Å². The van der Waals surface area contributed by atoms with Gasteiger partial charge < -0.3 is 19.7 Å². The summed E-state index contributed by atoms with van der Waals surface area (Å²) >= 11 is 0. The van der Waals surface area contributed by atoms with Crippen molar-refractivity contribution in [3.05, 3.63) is 69.9 Å². The average molecular weight is 608 g/mol. The highest BCUT2D eigenvalue weighted by Gasteiger charge is 2.39. The zero-order valence-electron chi connectivity index (χ0n) is 26.3. The Balaban J connectivity index is 1.44. The summed E-state index contributed by atoms with van der Waals surface area (Å²) in [6, 6.07) is 14.2. The fraction of sp³-hybridized carbons (Fsp3) is 0.412. The Hall–Kier alpha value is -5.16. The monoisotopic (exact) mass is 607 g/mol. The molecule has 1 fully saturated rings. The standard InChI is InChI=1S/C34H37N7O4/c1-21-17-24(20-36)18-22(2)29(21)44-30-26-12-15-40(31(42)28-7-6-14-41(28)33(43)45-34(3,4)5)16-13-27(26)38-32(39-30)37-25-10-8-23(19-35)9-11-25/h8-11,17-18,28H,6-7,12-16H2,1-5H3,(H,37,38,39)/t28-/m0/s1. The molecule has 0 saturated carbocycles. The third kappa shape index (κ3) is 7.15. The molecule has 3 heterocycles. The van der Waals surface area contributed by atoms with Crippen LogP contribution in [-0.2, 0) is 22.4 Å². The lowest BCUT2D eigenvalue weighted by molar-refractivity contribution is -0.135. The van der Waals surface area contributed by atoms with Gasteiger partial charge in [0, 0.05) is 37.3 Å². The van der Waals surface area contributed by atoms with E-state index in [1.807, 2.05) is 34.6 Å². The molecule has 0 radical (unpaired) electrons. The number of likely N-dealkylation sites (tertiary alicyclic amines) is 1. The molecule has 1 atom stereocenters. The van der Waals surface area contributed by atoms with Crippen molar-refractivity contribution in [2.75, 3.05) is 25.0 Å². The molecular formula is C34H37N7O4. The maximum absolute atomic E-state index is 13.8. The summed E-state index contributed by atoms with van der Waals surface area (Å²) in [5.74, 6) is 1.20. The van der Waals surface area contributed by atoms with Gasteiger partial charge in [0.1, 0.15) is 17.4 Å². The summed E-state index contributed by atoms with van der Waals surface area (Å²) in [5, 5.41) is 21.8. The van der Waals surface area contributed by atoms with E-state index in [2.05, 4.69) is 17.5 Å². The van der Waals surface area contributed by atoms with Crippen LogP contribution in [0.25, 0.3) is 0 Å². The summed E-state index contributed by atoms with van der Waals surface area (Å²) in [7, 11) is 0. The number of fused-ring (bicyclic) bond motifs is 1. The van der Waals surface area contributed by atoms with Crippen LogP contribution in [0.1, 0.15) is 67.1 Å². The molecule has 11 heteroatoms. The highest BCUT2D eigenvalue weighted by Crippen LogP contribution is 2.34. The largest absolute Gasteiger partial charge is 0.444 e. The molecule has 1 aromatic heterocycles. The van der Waals surface area contributed by atoms with Crippen LogP contribution in [0.2, 0.25) is 0 Å². The number of nitrogens with zero attached hydrogens (tertiary/aromatic N) is 6. The van der Waals surface area contributed by atoms with Crippen molar-refractivity contribution >= 4 is 23.6 Å². The van der Waals surface area contributed by atoms with E-state index in [9.17, 15) is 14.9 Å². The number of nitrogens with one attached hydrogen (secondary N) is 1. The molecule has 3 aromatic rings. The Morgan fingerprint density at radius 3 is 2.27 bits per heavy atom. The molecule has 0 bridgehead atoms. The van der Waals surface area contributed by atoms with Crippen molar-refractivity contribution in [3.63, 3.8) is 0 Å². The minimum Gasteiger partial charge on any atom is -0.444 e. The van der Waals surface area contributed by atoms with Gasteiger partial charge >= 0.3 is 6.09 Å². The minimum atomic E-state index is -0.651. The minimum absolute atomic E-state index is 0.101. The molecule has 0 aliphatic carbocycles. The van der Waals surface area contributed by atoms with E-state index in [4.69, 9.17) is 24.7 Å². The lowest BCUT2D eigenvalue weighted by atomic mass is 10.1. The number of aromatic nitrogens is 2. The predicted molar refractivity (Wildman–Crippen MR) is 167 cm³/mol. The van der Waals surface area contributed by atoms with Crippen molar-refractivity contribution in [1.82, 2.24) is 19.8 Å². The Kier molecular flexibility index (Phi) is 8.92. The van der Waals surface area contributed by atoms with Crippen LogP contribution >= 0.6 is 0 Å². The Morgan fingerprint density at radius 2 is 1.62 bits per heavy atom. The molecule has 2 aromatic carbocycles. The Labute approximate surface area is 263 Å². The second-order valence-electron chi connectivity index (χ2n) is 12.4. The number of carbonyl (C=O) groups excluding carboxylic acids is 2. The zero-order chi connectivity index (χ0) is 32.3. The molecule has 5 rings (SSSR count). The van der Waals surface area contributed by atoms with Gasteiger partial charge in [-0.1, -0.05) is 0 Å². The average Bonchev–Trinajstić information content (AvgIpc) is 3.39. The van der Waals surface area contributed by atoms with Crippen LogP contribution in [0.5, 0.6) is 11.6 Å². The molecule has 2 aliphatic rings. The van der Waals surface area contributed by atoms with Crippen LogP contribution in [-0.4, -0.2) is 63.0 Å². The third-order valence-corrected chi connectivity index (χ3v) is 7.84. The second-order valence-corrected chi connectivity index (χ2v) is 12.4. The summed E-state index contributed by atoms with van der Waals surface area (Å²) in [5.41, 5.74) is 4.30. The maximum atomic E-state index is 13.8. The van der Waals surface area contributed by atoms with Gasteiger partial charge in [-0.15, -0.1) is 0 Å². The molecule has 45 heavy (non-hydrogen) atoms. The summed E-state index contributed by atoms with van der Waals surface area (Å²) in [6.07, 6.45) is 1.78. The first-order valence-corrected chi connectivity index (χ1v) is 15.1. The van der Waals surface area contributed by atoms with E-state index >= 15 is 0 Å². The highest BCUT2D eigenvalue weighted by atomic mass is 16.6. The van der Waals surface area contributed by atoms with Gasteiger partial charge in [0.15, 0.2) is 0 Å². The number of aryl methyl sites for hydroxylation is 2. The van der Waals surface area contributed by atoms with Gasteiger partial charge in [-0.2, -0.15) is 15.5 Å². The number of hydrogen-bond acceptors (Lipinski definition) is 9. The quantitative estimate of drug-likeness (QED) is 0.386. The van der Waals surface area contributed by atoms with E-state index in [1.165, 1.54) is 0 Å². The number of rotatable bonds is 5. The van der Waals surface area contributed by atoms with E-state index in [0.717, 1.165) is 28.8 Å². The molecule has 1 saturated heterocycles. The molecule has 11 nitrogen and oxygen atoms in total. The van der Waals surface area contributed by atoms with Crippen molar-refractivity contribution in [2.45, 2.75) is 71.9 Å². The lowest BCUT2D eigenvalue weighted by Crippen LogP contribution is -2.49. The van der Waals surface area contributed by atoms with Crippen molar-refractivity contribution < 1.29 is 19.1 Å². The summed E-state index contributed by atoms with van der Waals surface area (Å²) < 4.78 is 12.1. The van der Waals surface area contributed by atoms with Crippen molar-refractivity contribution in [3.8, 4) is 23.8 Å². The van der Waals surface area contributed by atoms with Gasteiger partial charge in [0.05, 0.1) is 29.0 Å². The van der Waals surface area contributed by atoms with E-state index in [1.54, 1.807) is 46.2 Å². The van der Waals surface area contributed by atoms with Crippen LogP contribution in [0.15, 0.2) is 36.4 Å². The van der Waals surface area contributed by atoms with Crippen LogP contribution in [0, 0.1) is 36.5 Å². The van der Waals surface area contributed by atoms with Gasteiger partial charge in [0.2, 0.25) is 17.7 Å². The Morgan fingerprint density at radius 1 is 0.956 bits per heavy atom. The molecule has 2 aliphatic heterocycles. The predicted octanol–water partition coefficient (Wildman–Crippen LogP) is 5.70. The topological polar surface area (TPSA) is 144 Å². The van der Waals surface area contributed by atoms with E-state index in [-0.39, 0.29) is 5.91 Å². The SMILES string of the molecule is Cc1cc(C#N)cc(C)c1Oc1nc(Nc2ccc(C#N)cc2)nc2c1CCN(C(=O)[C@@H]1CCCN1C(=O)OC(C)(C)C)CC2. The molecule has 232 valence electrons. The number of amides is 2. The smallest absolute Gasteiger partial charge is 0.410 e. The first-order chi connectivity index (χ1) is 21.5. The Bertz CT molecular complexity index is 1680. The first kappa shape index (κ1) is 31.3. The zero-order valence-corrected chi connectivity index (χ0v) is 26.3. The molecule has 1 N–H and O–H groups in total. The van der Waals surface area contributed by atoms with Crippen LogP contribution < -0.4 is 10.1 Å². The molecule has 2 amide bonds. The maximum Gasteiger partial charge on any atom is 0.410 e. The lowest BCUT2D eigenvalue weighted by Gasteiger charge is -2.31. The highest BCUT2D eigenvalue weighted by molar-refractivity contribution is 5.86. The number of benzene rings is 2. The number of hydrogen-bond donors (Lipinski definition) is 1. The summed E-state index contributed by atoms with van der Waals surface area (Å²) in [4.78, 5) is 39.6. The van der Waals surface area contributed by atoms with Crippen LogP contribution in [0.3, 0.4) is 0 Å². The van der Waals surface area contributed by atoms with Gasteiger partial charge in [-0.05, 0) is 101 Å². The normalized spacial score (nSPS) is 16.2. The number of carbonyl (C=O) groups is 2. The number of ether oxygens (including phenoxy) is 2. The van der Waals surface area contributed by atoms with Gasteiger partial charge in [-0.3, -0.25) is 9.69 Å². The molecule has 0 unspecified atom stereocenters. The van der Waals surface area contributed by atoms with E-state index in [0.29, 0.717) is 73.3 Å². The molecular weight excluding hydrogens is 570 g/mol. The third-order valence-electron chi connectivity index (χ3n) is 7.84. The number of anilines is 2. The number of nitriles is 2. The fourth-order valence-electron chi connectivity index (χ4n) is 5.73. The van der Waals surface area contributed by atoms with Gasteiger partial charge in [-0.25, -0.2) is 9.78 Å². The molecule has 0 spiro atoms. The second kappa shape index (κ2) is 12.8. The fourth-order valence-corrected chi connectivity index (χ4v) is 5.73. The van der Waals surface area contributed by atoms with Crippen molar-refractivity contribution in [2.24, 2.45) is 0 Å².